The van der Waals surface area contributed by atoms with Gasteiger partial charge in [-0.15, -0.1) is 0 Å². The monoisotopic (exact) mass is 402 g/mol. The zero-order valence-electron chi connectivity index (χ0n) is 17.3. The van der Waals surface area contributed by atoms with Crippen molar-refractivity contribution in [3.8, 4) is 5.75 Å². The number of carbonyl (C=O) groups excluding carboxylic acids is 1. The summed E-state index contributed by atoms with van der Waals surface area (Å²) in [6, 6.07) is 22.9. The number of aliphatic carboxylic acids is 1. The van der Waals surface area contributed by atoms with Crippen molar-refractivity contribution >= 4 is 11.8 Å². The number of ether oxygens (including phenoxy) is 1. The van der Waals surface area contributed by atoms with Gasteiger partial charge >= 0.3 is 5.97 Å². The Hall–Kier alpha value is -3.40. The summed E-state index contributed by atoms with van der Waals surface area (Å²) in [5.74, 6) is -0.842. The van der Waals surface area contributed by atoms with E-state index in [2.05, 4.69) is 0 Å². The molecule has 0 aliphatic carbocycles. The van der Waals surface area contributed by atoms with Crippen molar-refractivity contribution in [2.24, 2.45) is 0 Å². The molecular formula is C26H26O4. The molecule has 0 bridgehead atoms. The van der Waals surface area contributed by atoms with Gasteiger partial charge in [0.2, 0.25) is 0 Å². The fourth-order valence-electron chi connectivity index (χ4n) is 3.52. The minimum atomic E-state index is -0.905. The molecule has 0 aliphatic rings. The average Bonchev–Trinajstić information content (AvgIpc) is 2.75. The van der Waals surface area contributed by atoms with E-state index in [0.717, 1.165) is 22.3 Å². The van der Waals surface area contributed by atoms with Gasteiger partial charge in [0.15, 0.2) is 5.78 Å². The largest absolute Gasteiger partial charge is 0.489 e. The maximum Gasteiger partial charge on any atom is 0.303 e. The molecule has 0 unspecified atom stereocenters. The van der Waals surface area contributed by atoms with Gasteiger partial charge in [-0.2, -0.15) is 0 Å². The van der Waals surface area contributed by atoms with E-state index < -0.39 is 11.9 Å². The first-order chi connectivity index (χ1) is 14.5. The predicted molar refractivity (Wildman–Crippen MR) is 117 cm³/mol. The van der Waals surface area contributed by atoms with E-state index in [-0.39, 0.29) is 18.6 Å². The Labute approximate surface area is 177 Å². The molecule has 0 aliphatic heterocycles. The molecule has 0 amide bonds. The number of hydrogen-bond donors (Lipinski definition) is 1. The number of carbonyl (C=O) groups is 2. The minimum absolute atomic E-state index is 0.0615. The second kappa shape index (κ2) is 9.88. The first-order valence-electron chi connectivity index (χ1n) is 10.0. The van der Waals surface area contributed by atoms with E-state index >= 15 is 0 Å². The highest BCUT2D eigenvalue weighted by molar-refractivity contribution is 6.01. The van der Waals surface area contributed by atoms with Gasteiger partial charge in [0.1, 0.15) is 12.4 Å². The lowest BCUT2D eigenvalue weighted by molar-refractivity contribution is -0.137. The van der Waals surface area contributed by atoms with Gasteiger partial charge in [0.25, 0.3) is 0 Å². The Kier molecular flexibility index (Phi) is 7.02. The lowest BCUT2D eigenvalue weighted by atomic mass is 9.84. The molecular weight excluding hydrogens is 376 g/mol. The molecule has 0 heterocycles. The summed E-state index contributed by atoms with van der Waals surface area (Å²) in [6.45, 7) is 4.30. The van der Waals surface area contributed by atoms with Crippen LogP contribution in [0.5, 0.6) is 5.75 Å². The van der Waals surface area contributed by atoms with Crippen molar-refractivity contribution < 1.29 is 19.4 Å². The fourth-order valence-corrected chi connectivity index (χ4v) is 3.52. The van der Waals surface area contributed by atoms with Crippen LogP contribution >= 0.6 is 0 Å². The third kappa shape index (κ3) is 5.35. The average molecular weight is 402 g/mol. The third-order valence-corrected chi connectivity index (χ3v) is 5.24. The normalized spacial score (nSPS) is 11.7. The Bertz CT molecular complexity index is 1020. The Morgan fingerprint density at radius 1 is 0.900 bits per heavy atom. The van der Waals surface area contributed by atoms with Gasteiger partial charge in [-0.3, -0.25) is 9.59 Å². The van der Waals surface area contributed by atoms with Crippen molar-refractivity contribution in [2.75, 3.05) is 0 Å². The summed E-state index contributed by atoms with van der Waals surface area (Å²) in [5, 5.41) is 9.16. The van der Waals surface area contributed by atoms with Gasteiger partial charge in [0.05, 0.1) is 0 Å². The number of Topliss-reactive ketones (excluding diaryl/α,β-unsaturated/α-hetero) is 1. The van der Waals surface area contributed by atoms with Crippen molar-refractivity contribution in [1.29, 1.82) is 0 Å². The number of hydrogen-bond acceptors (Lipinski definition) is 3. The van der Waals surface area contributed by atoms with Crippen LogP contribution in [0.1, 0.15) is 51.4 Å². The Morgan fingerprint density at radius 2 is 1.60 bits per heavy atom. The number of rotatable bonds is 9. The first-order valence-corrected chi connectivity index (χ1v) is 10.0. The molecule has 1 N–H and O–H groups in total. The number of carboxylic acids is 1. The van der Waals surface area contributed by atoms with Gasteiger partial charge in [-0.25, -0.2) is 0 Å². The Balaban J connectivity index is 1.86. The number of carboxylic acid groups (broad SMARTS) is 1. The van der Waals surface area contributed by atoms with Gasteiger partial charge in [-0.1, -0.05) is 66.7 Å². The molecule has 0 spiro atoms. The lowest BCUT2D eigenvalue weighted by Crippen LogP contribution is -2.16. The minimum Gasteiger partial charge on any atom is -0.489 e. The van der Waals surface area contributed by atoms with E-state index in [0.29, 0.717) is 17.9 Å². The summed E-state index contributed by atoms with van der Waals surface area (Å²) in [7, 11) is 0. The maximum atomic E-state index is 13.4. The predicted octanol–water partition coefficient (Wildman–Crippen LogP) is 5.71. The number of ketones is 1. The highest BCUT2D eigenvalue weighted by atomic mass is 16.5. The maximum absolute atomic E-state index is 13.4. The van der Waals surface area contributed by atoms with Crippen LogP contribution in [0.15, 0.2) is 72.8 Å². The molecule has 4 nitrogen and oxygen atoms in total. The molecule has 0 fully saturated rings. The smallest absolute Gasteiger partial charge is 0.303 e. The van der Waals surface area contributed by atoms with E-state index in [9.17, 15) is 9.59 Å². The molecule has 0 aromatic heterocycles. The number of benzene rings is 3. The molecule has 154 valence electrons. The van der Waals surface area contributed by atoms with Crippen LogP contribution in [0.2, 0.25) is 0 Å². The second-order valence-electron chi connectivity index (χ2n) is 7.46. The van der Waals surface area contributed by atoms with Gasteiger partial charge < -0.3 is 9.84 Å². The topological polar surface area (TPSA) is 63.6 Å². The first kappa shape index (κ1) is 21.3. The highest BCUT2D eigenvalue weighted by Gasteiger charge is 2.25. The van der Waals surface area contributed by atoms with Gasteiger partial charge in [-0.05, 0) is 48.6 Å². The van der Waals surface area contributed by atoms with Crippen molar-refractivity contribution in [3.63, 3.8) is 0 Å². The second-order valence-corrected chi connectivity index (χ2v) is 7.46. The van der Waals surface area contributed by atoms with E-state index in [1.807, 2.05) is 74.5 Å². The molecule has 3 rings (SSSR count). The summed E-state index contributed by atoms with van der Waals surface area (Å²) in [6.07, 6.45) is 0.196. The molecule has 0 saturated carbocycles. The standard InChI is InChI=1S/C26H26O4/c1-18-8-6-7-11-22(18)23(14-15-25(27)28)26(29)21-13-12-19(2)24(16-21)30-17-20-9-4-3-5-10-20/h3-13,16,23H,14-15,17H2,1-2H3,(H,27,28)/t23-/m0/s1. The van der Waals surface area contributed by atoms with Crippen LogP contribution < -0.4 is 4.74 Å². The molecule has 4 heteroatoms. The third-order valence-electron chi connectivity index (χ3n) is 5.24. The number of aryl methyl sites for hydroxylation is 2. The highest BCUT2D eigenvalue weighted by Crippen LogP contribution is 2.30. The van der Waals surface area contributed by atoms with Crippen LogP contribution in [0.25, 0.3) is 0 Å². The van der Waals surface area contributed by atoms with Crippen LogP contribution in [-0.4, -0.2) is 16.9 Å². The van der Waals surface area contributed by atoms with E-state index in [1.54, 1.807) is 12.1 Å². The summed E-state index contributed by atoms with van der Waals surface area (Å²) in [5.41, 5.74) is 4.38. The quantitative estimate of drug-likeness (QED) is 0.465. The summed E-state index contributed by atoms with van der Waals surface area (Å²) in [4.78, 5) is 24.6. The van der Waals surface area contributed by atoms with Crippen LogP contribution in [-0.2, 0) is 11.4 Å². The molecule has 1 atom stereocenters. The Morgan fingerprint density at radius 3 is 2.30 bits per heavy atom. The SMILES string of the molecule is Cc1ccc(C(=O)[C@@H](CCC(=O)O)c2ccccc2C)cc1OCc1ccccc1. The zero-order valence-corrected chi connectivity index (χ0v) is 17.3. The van der Waals surface area contributed by atoms with Crippen LogP contribution in [0.4, 0.5) is 0 Å². The van der Waals surface area contributed by atoms with Crippen molar-refractivity contribution in [2.45, 2.75) is 39.2 Å². The van der Waals surface area contributed by atoms with E-state index in [1.165, 1.54) is 0 Å². The molecule has 3 aromatic rings. The van der Waals surface area contributed by atoms with Gasteiger partial charge in [0, 0.05) is 17.9 Å². The zero-order chi connectivity index (χ0) is 21.5. The molecule has 0 saturated heterocycles. The molecule has 30 heavy (non-hydrogen) atoms. The van der Waals surface area contributed by atoms with Crippen molar-refractivity contribution in [1.82, 2.24) is 0 Å². The molecule has 0 radical (unpaired) electrons. The van der Waals surface area contributed by atoms with Crippen LogP contribution in [0.3, 0.4) is 0 Å². The van der Waals surface area contributed by atoms with Crippen molar-refractivity contribution in [3.05, 3.63) is 101 Å². The summed E-state index contributed by atoms with van der Waals surface area (Å²) < 4.78 is 5.97. The fraction of sp³-hybridized carbons (Fsp3) is 0.231. The molecule has 3 aromatic carbocycles. The lowest BCUT2D eigenvalue weighted by Gasteiger charge is -2.19. The van der Waals surface area contributed by atoms with E-state index in [4.69, 9.17) is 9.84 Å². The summed E-state index contributed by atoms with van der Waals surface area (Å²) >= 11 is 0. The van der Waals surface area contributed by atoms with Crippen LogP contribution in [0, 0.1) is 13.8 Å².